The van der Waals surface area contributed by atoms with Gasteiger partial charge < -0.3 is 14.6 Å². The molecule has 1 unspecified atom stereocenters. The molecule has 1 aromatic rings. The molecule has 0 aromatic heterocycles. The van der Waals surface area contributed by atoms with Crippen LogP contribution in [0.1, 0.15) is 37.9 Å². The van der Waals surface area contributed by atoms with Crippen LogP contribution in [0.5, 0.6) is 5.75 Å². The Labute approximate surface area is 116 Å². The van der Waals surface area contributed by atoms with Gasteiger partial charge in [0.1, 0.15) is 5.75 Å². The average Bonchev–Trinajstić information content (AvgIpc) is 2.82. The quantitative estimate of drug-likeness (QED) is 0.904. The predicted molar refractivity (Wildman–Crippen MR) is 73.9 cm³/mol. The molecular formula is C14H19BrO3. The van der Waals surface area contributed by atoms with Crippen LogP contribution in [0.25, 0.3) is 0 Å². The Bertz CT molecular complexity index is 387. The summed E-state index contributed by atoms with van der Waals surface area (Å²) in [5.41, 5.74) is 0.825. The van der Waals surface area contributed by atoms with Crippen LogP contribution in [0, 0.1) is 0 Å². The molecule has 0 spiro atoms. The Morgan fingerprint density at radius 2 is 2.39 bits per heavy atom. The lowest BCUT2D eigenvalue weighted by Gasteiger charge is -2.15. The molecule has 18 heavy (non-hydrogen) atoms. The first kappa shape index (κ1) is 13.8. The van der Waals surface area contributed by atoms with Crippen molar-refractivity contribution in [3.63, 3.8) is 0 Å². The number of benzene rings is 1. The lowest BCUT2D eigenvalue weighted by molar-refractivity contribution is 0.0896. The number of ether oxygens (including phenoxy) is 2. The zero-order chi connectivity index (χ0) is 13.0. The molecule has 4 heteroatoms. The summed E-state index contributed by atoms with van der Waals surface area (Å²) in [6, 6.07) is 5.70. The number of hydrogen-bond acceptors (Lipinski definition) is 3. The monoisotopic (exact) mass is 314 g/mol. The second-order valence-corrected chi connectivity index (χ2v) is 5.55. The lowest BCUT2D eigenvalue weighted by atomic mass is 10.1. The SMILES string of the molecule is C[C@H](O)c1ccc(Br)cc1OCCC1CCCO1. The van der Waals surface area contributed by atoms with Crippen molar-refractivity contribution in [2.45, 2.75) is 38.4 Å². The highest BCUT2D eigenvalue weighted by atomic mass is 79.9. The van der Waals surface area contributed by atoms with Gasteiger partial charge in [-0.15, -0.1) is 0 Å². The van der Waals surface area contributed by atoms with Gasteiger partial charge >= 0.3 is 0 Å². The Kier molecular flexibility index (Phi) is 5.03. The zero-order valence-corrected chi connectivity index (χ0v) is 12.1. The fourth-order valence-electron chi connectivity index (χ4n) is 2.15. The Morgan fingerprint density at radius 1 is 1.56 bits per heavy atom. The number of aliphatic hydroxyl groups excluding tert-OH is 1. The van der Waals surface area contributed by atoms with E-state index in [1.54, 1.807) is 6.92 Å². The Balaban J connectivity index is 1.92. The molecule has 2 rings (SSSR count). The minimum atomic E-state index is -0.518. The van der Waals surface area contributed by atoms with E-state index < -0.39 is 6.10 Å². The first-order valence-corrected chi connectivity index (χ1v) is 7.18. The van der Waals surface area contributed by atoms with Crippen molar-refractivity contribution in [2.75, 3.05) is 13.2 Å². The van der Waals surface area contributed by atoms with Crippen molar-refractivity contribution in [1.29, 1.82) is 0 Å². The molecule has 0 bridgehead atoms. The molecule has 100 valence electrons. The van der Waals surface area contributed by atoms with Crippen LogP contribution in [0.4, 0.5) is 0 Å². The maximum Gasteiger partial charge on any atom is 0.126 e. The smallest absolute Gasteiger partial charge is 0.126 e. The van der Waals surface area contributed by atoms with Gasteiger partial charge in [-0.2, -0.15) is 0 Å². The molecule has 1 N–H and O–H groups in total. The fraction of sp³-hybridized carbons (Fsp3) is 0.571. The van der Waals surface area contributed by atoms with Gasteiger partial charge in [-0.3, -0.25) is 0 Å². The summed E-state index contributed by atoms with van der Waals surface area (Å²) in [7, 11) is 0. The maximum absolute atomic E-state index is 9.69. The predicted octanol–water partition coefficient (Wildman–Crippen LogP) is 3.45. The number of halogens is 1. The Morgan fingerprint density at radius 3 is 3.06 bits per heavy atom. The number of hydrogen-bond donors (Lipinski definition) is 1. The minimum Gasteiger partial charge on any atom is -0.493 e. The molecule has 0 aliphatic carbocycles. The van der Waals surface area contributed by atoms with E-state index in [1.165, 1.54) is 0 Å². The van der Waals surface area contributed by atoms with Crippen LogP contribution in [-0.2, 0) is 4.74 Å². The van der Waals surface area contributed by atoms with E-state index in [2.05, 4.69) is 15.9 Å². The third kappa shape index (κ3) is 3.70. The largest absolute Gasteiger partial charge is 0.493 e. The number of aliphatic hydroxyl groups is 1. The molecule has 0 saturated carbocycles. The Hall–Kier alpha value is -0.580. The number of rotatable bonds is 5. The molecule has 1 saturated heterocycles. The van der Waals surface area contributed by atoms with Crippen molar-refractivity contribution < 1.29 is 14.6 Å². The molecular weight excluding hydrogens is 296 g/mol. The molecule has 1 aliphatic heterocycles. The normalized spacial score (nSPS) is 20.9. The second-order valence-electron chi connectivity index (χ2n) is 4.63. The first-order chi connectivity index (χ1) is 8.66. The summed E-state index contributed by atoms with van der Waals surface area (Å²) in [4.78, 5) is 0. The summed E-state index contributed by atoms with van der Waals surface area (Å²) in [5, 5.41) is 9.69. The van der Waals surface area contributed by atoms with Crippen LogP contribution < -0.4 is 4.74 Å². The summed E-state index contributed by atoms with van der Waals surface area (Å²) in [6.07, 6.45) is 3.01. The van der Waals surface area contributed by atoms with Crippen molar-refractivity contribution in [1.82, 2.24) is 0 Å². The van der Waals surface area contributed by atoms with Crippen molar-refractivity contribution in [2.24, 2.45) is 0 Å². The van der Waals surface area contributed by atoms with Crippen molar-refractivity contribution in [3.8, 4) is 5.75 Å². The van der Waals surface area contributed by atoms with Crippen LogP contribution in [-0.4, -0.2) is 24.4 Å². The van der Waals surface area contributed by atoms with Crippen molar-refractivity contribution in [3.05, 3.63) is 28.2 Å². The molecule has 0 radical (unpaired) electrons. The molecule has 3 nitrogen and oxygen atoms in total. The molecule has 2 atom stereocenters. The lowest BCUT2D eigenvalue weighted by Crippen LogP contribution is -2.11. The summed E-state index contributed by atoms with van der Waals surface area (Å²) in [5.74, 6) is 0.748. The van der Waals surface area contributed by atoms with Crippen LogP contribution >= 0.6 is 15.9 Å². The van der Waals surface area contributed by atoms with Gasteiger partial charge in [0.2, 0.25) is 0 Å². The minimum absolute atomic E-state index is 0.340. The standard InChI is InChI=1S/C14H19BrO3/c1-10(16)13-5-4-11(15)9-14(13)18-8-6-12-3-2-7-17-12/h4-5,9-10,12,16H,2-3,6-8H2,1H3/t10-,12?/m0/s1. The van der Waals surface area contributed by atoms with E-state index in [0.717, 1.165) is 41.7 Å². The van der Waals surface area contributed by atoms with Crippen LogP contribution in [0.3, 0.4) is 0 Å². The summed E-state index contributed by atoms with van der Waals surface area (Å²) < 4.78 is 12.3. The van der Waals surface area contributed by atoms with Gasteiger partial charge in [0.25, 0.3) is 0 Å². The third-order valence-electron chi connectivity index (χ3n) is 3.15. The van der Waals surface area contributed by atoms with E-state index in [1.807, 2.05) is 18.2 Å². The molecule has 1 heterocycles. The van der Waals surface area contributed by atoms with Gasteiger partial charge in [0, 0.05) is 23.1 Å². The highest BCUT2D eigenvalue weighted by Crippen LogP contribution is 2.29. The summed E-state index contributed by atoms with van der Waals surface area (Å²) in [6.45, 7) is 3.25. The van der Waals surface area contributed by atoms with Gasteiger partial charge in [-0.1, -0.05) is 22.0 Å². The van der Waals surface area contributed by atoms with Gasteiger partial charge in [-0.05, 0) is 31.9 Å². The maximum atomic E-state index is 9.69. The van der Waals surface area contributed by atoms with E-state index in [0.29, 0.717) is 12.7 Å². The van der Waals surface area contributed by atoms with E-state index >= 15 is 0 Å². The molecule has 1 aliphatic rings. The van der Waals surface area contributed by atoms with Gasteiger partial charge in [0.05, 0.1) is 18.8 Å². The van der Waals surface area contributed by atoms with Gasteiger partial charge in [0.15, 0.2) is 0 Å². The molecule has 1 fully saturated rings. The average molecular weight is 315 g/mol. The van der Waals surface area contributed by atoms with E-state index in [9.17, 15) is 5.11 Å². The molecule has 0 amide bonds. The van der Waals surface area contributed by atoms with E-state index in [4.69, 9.17) is 9.47 Å². The van der Waals surface area contributed by atoms with Gasteiger partial charge in [-0.25, -0.2) is 0 Å². The third-order valence-corrected chi connectivity index (χ3v) is 3.64. The van der Waals surface area contributed by atoms with E-state index in [-0.39, 0.29) is 0 Å². The van der Waals surface area contributed by atoms with Crippen LogP contribution in [0.2, 0.25) is 0 Å². The topological polar surface area (TPSA) is 38.7 Å². The van der Waals surface area contributed by atoms with Crippen LogP contribution in [0.15, 0.2) is 22.7 Å². The highest BCUT2D eigenvalue weighted by molar-refractivity contribution is 9.10. The first-order valence-electron chi connectivity index (χ1n) is 6.38. The van der Waals surface area contributed by atoms with Crippen molar-refractivity contribution >= 4 is 15.9 Å². The summed E-state index contributed by atoms with van der Waals surface area (Å²) >= 11 is 3.42. The molecule has 1 aromatic carbocycles. The zero-order valence-electron chi connectivity index (χ0n) is 10.6. The fourth-order valence-corrected chi connectivity index (χ4v) is 2.49. The second kappa shape index (κ2) is 6.55. The highest BCUT2D eigenvalue weighted by Gasteiger charge is 2.16.